The molecule has 9 nitrogen and oxygen atoms in total. The normalized spacial score (nSPS) is 23.4. The van der Waals surface area contributed by atoms with Crippen LogP contribution in [-0.4, -0.2) is 37.8 Å². The van der Waals surface area contributed by atoms with E-state index in [1.54, 1.807) is 6.20 Å². The summed E-state index contributed by atoms with van der Waals surface area (Å²) in [5.41, 5.74) is 1.60. The number of nitrogens with zero attached hydrogens (tertiary/aromatic N) is 3. The predicted octanol–water partition coefficient (Wildman–Crippen LogP) is 2.10. The van der Waals surface area contributed by atoms with Crippen molar-refractivity contribution in [2.75, 3.05) is 5.32 Å². The van der Waals surface area contributed by atoms with Crippen LogP contribution in [0, 0.1) is 5.92 Å². The number of urea groups is 1. The lowest BCUT2D eigenvalue weighted by molar-refractivity contribution is -0.128. The fraction of sp³-hybridized carbons (Fsp3) is 0.286. The molecule has 3 heterocycles. The van der Waals surface area contributed by atoms with Gasteiger partial charge in [0.2, 0.25) is 11.7 Å². The third-order valence-electron chi connectivity index (χ3n) is 5.91. The zero-order chi connectivity index (χ0) is 20.7. The Labute approximate surface area is 171 Å². The molecule has 0 bridgehead atoms. The molecule has 3 aromatic rings. The Balaban J connectivity index is 1.22. The number of carbonyl (C=O) groups excluding carboxylic acids is 3. The first-order valence-electron chi connectivity index (χ1n) is 9.87. The van der Waals surface area contributed by atoms with Gasteiger partial charge < -0.3 is 10.6 Å². The van der Waals surface area contributed by atoms with Crippen LogP contribution in [0.4, 0.5) is 10.5 Å². The summed E-state index contributed by atoms with van der Waals surface area (Å²) in [6, 6.07) is 8.90. The van der Waals surface area contributed by atoms with Gasteiger partial charge in [-0.2, -0.15) is 0 Å². The molecule has 4 amide bonds. The van der Waals surface area contributed by atoms with E-state index in [1.807, 2.05) is 47.1 Å². The number of hydrogen-bond donors (Lipinski definition) is 3. The van der Waals surface area contributed by atoms with Gasteiger partial charge in [0.25, 0.3) is 5.91 Å². The first-order valence-corrected chi connectivity index (χ1v) is 9.87. The molecular weight excluding hydrogens is 384 g/mol. The maximum atomic E-state index is 12.7. The zero-order valence-corrected chi connectivity index (χ0v) is 16.1. The van der Waals surface area contributed by atoms with Crippen molar-refractivity contribution in [1.82, 2.24) is 25.0 Å². The van der Waals surface area contributed by atoms with Crippen molar-refractivity contribution in [3.05, 3.63) is 48.9 Å². The topological polar surface area (TPSA) is 117 Å². The average Bonchev–Trinajstić information content (AvgIpc) is 3.29. The molecule has 152 valence electrons. The fourth-order valence-electron chi connectivity index (χ4n) is 4.19. The maximum Gasteiger partial charge on any atom is 0.322 e. The van der Waals surface area contributed by atoms with Gasteiger partial charge in [0, 0.05) is 35.8 Å². The molecule has 0 atom stereocenters. The molecule has 1 saturated carbocycles. The molecule has 1 spiro atoms. The van der Waals surface area contributed by atoms with Crippen LogP contribution in [0.1, 0.15) is 25.7 Å². The average molecular weight is 404 g/mol. The van der Waals surface area contributed by atoms with Gasteiger partial charge in [-0.05, 0) is 43.9 Å². The Hall–Kier alpha value is -3.75. The molecule has 1 aromatic carbocycles. The number of carbonyl (C=O) groups is 3. The second kappa shape index (κ2) is 6.94. The van der Waals surface area contributed by atoms with Crippen LogP contribution in [-0.2, 0) is 9.59 Å². The third kappa shape index (κ3) is 3.18. The van der Waals surface area contributed by atoms with Crippen molar-refractivity contribution in [1.29, 1.82) is 0 Å². The van der Waals surface area contributed by atoms with Crippen molar-refractivity contribution in [2.24, 2.45) is 5.92 Å². The summed E-state index contributed by atoms with van der Waals surface area (Å²) in [4.78, 5) is 44.8. The molecule has 9 heteroatoms. The van der Waals surface area contributed by atoms with E-state index in [0.29, 0.717) is 37.1 Å². The number of fused-ring (bicyclic) bond motifs is 1. The summed E-state index contributed by atoms with van der Waals surface area (Å²) >= 11 is 0. The standard InChI is InChI=1S/C21H20N6O3/c28-17(14-6-8-21(9-7-14)18(29)25-20(30)26-21)23-15-4-2-13(3-5-15)16-12-27-11-1-10-22-19(27)24-16/h1-5,10-12,14H,6-9H2,(H,23,28)(H2,25,26,29,30). The van der Waals surface area contributed by atoms with Gasteiger partial charge in [0.1, 0.15) is 5.54 Å². The van der Waals surface area contributed by atoms with Crippen molar-refractivity contribution in [3.63, 3.8) is 0 Å². The van der Waals surface area contributed by atoms with Gasteiger partial charge >= 0.3 is 6.03 Å². The molecule has 2 aromatic heterocycles. The van der Waals surface area contributed by atoms with E-state index in [9.17, 15) is 14.4 Å². The van der Waals surface area contributed by atoms with Crippen LogP contribution in [0.15, 0.2) is 48.9 Å². The minimum atomic E-state index is -0.849. The Morgan fingerprint density at radius 3 is 2.60 bits per heavy atom. The summed E-state index contributed by atoms with van der Waals surface area (Å²) in [6.45, 7) is 0. The van der Waals surface area contributed by atoms with E-state index in [1.165, 1.54) is 0 Å². The first-order chi connectivity index (χ1) is 14.5. The number of amides is 4. The van der Waals surface area contributed by atoms with Crippen LogP contribution in [0.2, 0.25) is 0 Å². The van der Waals surface area contributed by atoms with Crippen molar-refractivity contribution in [2.45, 2.75) is 31.2 Å². The number of benzene rings is 1. The molecule has 5 rings (SSSR count). The highest BCUT2D eigenvalue weighted by Crippen LogP contribution is 2.34. The summed E-state index contributed by atoms with van der Waals surface area (Å²) in [5.74, 6) is 0.0838. The number of imide groups is 1. The van der Waals surface area contributed by atoms with Crippen LogP contribution in [0.3, 0.4) is 0 Å². The summed E-state index contributed by atoms with van der Waals surface area (Å²) in [6.07, 6.45) is 7.52. The second-order valence-electron chi connectivity index (χ2n) is 7.78. The van der Waals surface area contributed by atoms with E-state index in [-0.39, 0.29) is 17.7 Å². The lowest BCUT2D eigenvalue weighted by Crippen LogP contribution is -2.50. The molecular formula is C21H20N6O3. The van der Waals surface area contributed by atoms with E-state index in [2.05, 4.69) is 25.9 Å². The highest BCUT2D eigenvalue weighted by Gasteiger charge is 2.48. The quantitative estimate of drug-likeness (QED) is 0.578. The number of hydrogen-bond acceptors (Lipinski definition) is 5. The minimum absolute atomic E-state index is 0.0701. The molecule has 0 radical (unpaired) electrons. The third-order valence-corrected chi connectivity index (χ3v) is 5.91. The molecule has 1 aliphatic heterocycles. The molecule has 1 saturated heterocycles. The number of imidazole rings is 1. The molecule has 2 fully saturated rings. The number of aromatic nitrogens is 3. The lowest BCUT2D eigenvalue weighted by Gasteiger charge is -2.33. The number of rotatable bonds is 3. The Bertz CT molecular complexity index is 1110. The first kappa shape index (κ1) is 18.3. The lowest BCUT2D eigenvalue weighted by atomic mass is 9.76. The van der Waals surface area contributed by atoms with Crippen molar-refractivity contribution < 1.29 is 14.4 Å². The monoisotopic (exact) mass is 404 g/mol. The Morgan fingerprint density at radius 1 is 1.17 bits per heavy atom. The minimum Gasteiger partial charge on any atom is -0.326 e. The Kier molecular flexibility index (Phi) is 4.23. The number of nitrogens with one attached hydrogen (secondary N) is 3. The predicted molar refractivity (Wildman–Crippen MR) is 108 cm³/mol. The van der Waals surface area contributed by atoms with Crippen molar-refractivity contribution >= 4 is 29.3 Å². The molecule has 2 aliphatic rings. The summed E-state index contributed by atoms with van der Waals surface area (Å²) in [7, 11) is 0. The summed E-state index contributed by atoms with van der Waals surface area (Å²) < 4.78 is 1.86. The van der Waals surface area contributed by atoms with Crippen LogP contribution >= 0.6 is 0 Å². The van der Waals surface area contributed by atoms with E-state index in [4.69, 9.17) is 0 Å². The van der Waals surface area contributed by atoms with Crippen molar-refractivity contribution in [3.8, 4) is 11.3 Å². The van der Waals surface area contributed by atoms with Gasteiger partial charge in [-0.1, -0.05) is 12.1 Å². The summed E-state index contributed by atoms with van der Waals surface area (Å²) in [5, 5.41) is 7.96. The Morgan fingerprint density at radius 2 is 1.93 bits per heavy atom. The van der Waals surface area contributed by atoms with Crippen LogP contribution < -0.4 is 16.0 Å². The van der Waals surface area contributed by atoms with E-state index >= 15 is 0 Å². The van der Waals surface area contributed by atoms with Gasteiger partial charge in [-0.15, -0.1) is 0 Å². The van der Waals surface area contributed by atoms with E-state index in [0.717, 1.165) is 11.3 Å². The van der Waals surface area contributed by atoms with Crippen LogP contribution in [0.5, 0.6) is 0 Å². The van der Waals surface area contributed by atoms with Gasteiger partial charge in [-0.25, -0.2) is 14.8 Å². The fourth-order valence-corrected chi connectivity index (χ4v) is 4.19. The largest absolute Gasteiger partial charge is 0.326 e. The van der Waals surface area contributed by atoms with Gasteiger partial charge in [-0.3, -0.25) is 19.3 Å². The molecule has 1 aliphatic carbocycles. The highest BCUT2D eigenvalue weighted by molar-refractivity contribution is 6.07. The number of anilines is 1. The molecule has 3 N–H and O–H groups in total. The van der Waals surface area contributed by atoms with Crippen LogP contribution in [0.25, 0.3) is 17.0 Å². The molecule has 30 heavy (non-hydrogen) atoms. The zero-order valence-electron chi connectivity index (χ0n) is 16.1. The maximum absolute atomic E-state index is 12.7. The van der Waals surface area contributed by atoms with Gasteiger partial charge in [0.05, 0.1) is 5.69 Å². The second-order valence-corrected chi connectivity index (χ2v) is 7.78. The molecule has 0 unspecified atom stereocenters. The van der Waals surface area contributed by atoms with Gasteiger partial charge in [0.15, 0.2) is 0 Å². The smallest absolute Gasteiger partial charge is 0.322 e. The van der Waals surface area contributed by atoms with E-state index < -0.39 is 11.6 Å². The highest BCUT2D eigenvalue weighted by atomic mass is 16.2. The SMILES string of the molecule is O=C1NC(=O)C2(CCC(C(=O)Nc3ccc(-c4cn5cccnc5n4)cc3)CC2)N1.